The molecule has 0 aliphatic carbocycles. The highest BCUT2D eigenvalue weighted by Gasteiger charge is 2.06. The third-order valence-corrected chi connectivity index (χ3v) is 0.593. The van der Waals surface area contributed by atoms with E-state index in [4.69, 9.17) is 5.26 Å². The molecule has 0 fully saturated rings. The van der Waals surface area contributed by atoms with Crippen LogP contribution in [0.5, 0.6) is 0 Å². The van der Waals surface area contributed by atoms with Gasteiger partial charge in [0.2, 0.25) is 0 Å². The summed E-state index contributed by atoms with van der Waals surface area (Å²) < 4.78 is 0. The van der Waals surface area contributed by atoms with Crippen LogP contribution in [-0.4, -0.2) is 24.1 Å². The summed E-state index contributed by atoms with van der Waals surface area (Å²) in [4.78, 5) is 12.9. The molecule has 1 N–H and O–H groups in total. The Kier molecular flexibility index (Phi) is 10.7. The Morgan fingerprint density at radius 3 is 1.33 bits per heavy atom. The Morgan fingerprint density at radius 2 is 1.25 bits per heavy atom. The van der Waals surface area contributed by atoms with Gasteiger partial charge in [0.25, 0.3) is 0 Å². The first-order chi connectivity index (χ1) is 5.47. The zero-order valence-electron chi connectivity index (χ0n) is 8.59. The molecule has 0 bridgehead atoms. The normalized spacial score (nSPS) is 10.5. The SMILES string of the molecule is CC(C)(C)OO.CCOOCC. The molecular weight excluding hydrogens is 160 g/mol. The van der Waals surface area contributed by atoms with Crippen molar-refractivity contribution in [3.05, 3.63) is 0 Å². The highest BCUT2D eigenvalue weighted by atomic mass is 17.2. The maximum absolute atomic E-state index is 7.90. The van der Waals surface area contributed by atoms with Crippen molar-refractivity contribution in [1.29, 1.82) is 0 Å². The molecule has 0 amide bonds. The third-order valence-electron chi connectivity index (χ3n) is 0.593. The van der Waals surface area contributed by atoms with Crippen LogP contribution in [0, 0.1) is 0 Å². The Morgan fingerprint density at radius 1 is 1.00 bits per heavy atom. The van der Waals surface area contributed by atoms with Gasteiger partial charge >= 0.3 is 0 Å². The molecule has 4 nitrogen and oxygen atoms in total. The van der Waals surface area contributed by atoms with Crippen LogP contribution in [0.1, 0.15) is 34.6 Å². The van der Waals surface area contributed by atoms with E-state index in [1.54, 1.807) is 20.8 Å². The second-order valence-corrected chi connectivity index (χ2v) is 3.02. The lowest BCUT2D eigenvalue weighted by molar-refractivity contribution is -0.306. The molecule has 0 aromatic heterocycles. The van der Waals surface area contributed by atoms with E-state index in [1.807, 2.05) is 13.8 Å². The molecule has 4 heteroatoms. The maximum atomic E-state index is 7.90. The first-order valence-corrected chi connectivity index (χ1v) is 4.04. The molecule has 0 aromatic carbocycles. The molecule has 76 valence electrons. The summed E-state index contributed by atoms with van der Waals surface area (Å²) in [5.74, 6) is 0. The van der Waals surface area contributed by atoms with Crippen LogP contribution in [0.2, 0.25) is 0 Å². The predicted octanol–water partition coefficient (Wildman–Crippen LogP) is 2.25. The summed E-state index contributed by atoms with van der Waals surface area (Å²) in [5, 5.41) is 7.90. The van der Waals surface area contributed by atoms with Crippen LogP contribution >= 0.6 is 0 Å². The van der Waals surface area contributed by atoms with Gasteiger partial charge < -0.3 is 0 Å². The van der Waals surface area contributed by atoms with E-state index >= 15 is 0 Å². The Balaban J connectivity index is 0. The number of hydrogen-bond acceptors (Lipinski definition) is 4. The van der Waals surface area contributed by atoms with Crippen LogP contribution in [0.4, 0.5) is 0 Å². The molecule has 0 saturated carbocycles. The monoisotopic (exact) mass is 180 g/mol. The standard InChI is InChI=1S/2C4H10O2/c1-4(2,3)6-5;1-3-5-6-4-2/h5H,1-3H3;3-4H2,1-2H3. The van der Waals surface area contributed by atoms with E-state index in [0.717, 1.165) is 0 Å². The van der Waals surface area contributed by atoms with Crippen LogP contribution in [-0.2, 0) is 14.7 Å². The molecule has 0 aliphatic rings. The van der Waals surface area contributed by atoms with Crippen molar-refractivity contribution < 1.29 is 19.9 Å². The van der Waals surface area contributed by atoms with Gasteiger partial charge in [-0.25, -0.2) is 14.7 Å². The number of hydrogen-bond donors (Lipinski definition) is 1. The van der Waals surface area contributed by atoms with E-state index < -0.39 is 5.60 Å². The molecule has 0 saturated heterocycles. The van der Waals surface area contributed by atoms with Crippen LogP contribution in [0.15, 0.2) is 0 Å². The summed E-state index contributed by atoms with van der Waals surface area (Å²) in [6, 6.07) is 0. The van der Waals surface area contributed by atoms with Gasteiger partial charge in [-0.15, -0.1) is 0 Å². The van der Waals surface area contributed by atoms with Gasteiger partial charge in [0.1, 0.15) is 0 Å². The van der Waals surface area contributed by atoms with Crippen LogP contribution in [0.25, 0.3) is 0 Å². The van der Waals surface area contributed by atoms with Crippen LogP contribution in [0.3, 0.4) is 0 Å². The van der Waals surface area contributed by atoms with Crippen molar-refractivity contribution in [1.82, 2.24) is 0 Å². The van der Waals surface area contributed by atoms with Gasteiger partial charge in [-0.3, -0.25) is 5.26 Å². The fraction of sp³-hybridized carbons (Fsp3) is 1.00. The van der Waals surface area contributed by atoms with Gasteiger partial charge in [0.15, 0.2) is 0 Å². The molecular formula is C8H20O4. The van der Waals surface area contributed by atoms with E-state index in [9.17, 15) is 0 Å². The van der Waals surface area contributed by atoms with Gasteiger partial charge in [0, 0.05) is 0 Å². The summed E-state index contributed by atoms with van der Waals surface area (Å²) >= 11 is 0. The Labute approximate surface area is 74.3 Å². The van der Waals surface area contributed by atoms with Crippen molar-refractivity contribution in [3.8, 4) is 0 Å². The van der Waals surface area contributed by atoms with Crippen molar-refractivity contribution in [2.75, 3.05) is 13.2 Å². The van der Waals surface area contributed by atoms with Gasteiger partial charge in [0.05, 0.1) is 18.8 Å². The maximum Gasteiger partial charge on any atom is 0.0949 e. The fourth-order valence-corrected chi connectivity index (χ4v) is 0.167. The third kappa shape index (κ3) is 22.5. The number of rotatable bonds is 3. The highest BCUT2D eigenvalue weighted by molar-refractivity contribution is 4.53. The minimum Gasteiger partial charge on any atom is -0.251 e. The van der Waals surface area contributed by atoms with Crippen LogP contribution < -0.4 is 0 Å². The first-order valence-electron chi connectivity index (χ1n) is 4.04. The van der Waals surface area contributed by atoms with Gasteiger partial charge in [-0.2, -0.15) is 0 Å². The molecule has 0 heterocycles. The second kappa shape index (κ2) is 8.93. The van der Waals surface area contributed by atoms with Crippen molar-refractivity contribution in [3.63, 3.8) is 0 Å². The van der Waals surface area contributed by atoms with Crippen molar-refractivity contribution in [2.45, 2.75) is 40.2 Å². The molecule has 0 aliphatic heterocycles. The van der Waals surface area contributed by atoms with Crippen molar-refractivity contribution in [2.24, 2.45) is 0 Å². The average Bonchev–Trinajstić information content (AvgIpc) is 2.01. The summed E-state index contributed by atoms with van der Waals surface area (Å²) in [7, 11) is 0. The van der Waals surface area contributed by atoms with E-state index in [0.29, 0.717) is 13.2 Å². The predicted molar refractivity (Wildman–Crippen MR) is 46.7 cm³/mol. The summed E-state index contributed by atoms with van der Waals surface area (Å²) in [6.07, 6.45) is 0. The fourth-order valence-electron chi connectivity index (χ4n) is 0.167. The lowest BCUT2D eigenvalue weighted by Gasteiger charge is -2.10. The average molecular weight is 180 g/mol. The Hall–Kier alpha value is -0.160. The highest BCUT2D eigenvalue weighted by Crippen LogP contribution is 2.01. The zero-order chi connectivity index (χ0) is 10.0. The van der Waals surface area contributed by atoms with E-state index in [-0.39, 0.29) is 0 Å². The smallest absolute Gasteiger partial charge is 0.0949 e. The molecule has 0 aromatic rings. The minimum atomic E-state index is -0.403. The molecule has 0 unspecified atom stereocenters. The molecule has 0 atom stereocenters. The minimum absolute atomic E-state index is 0.403. The second-order valence-electron chi connectivity index (χ2n) is 3.02. The lowest BCUT2D eigenvalue weighted by Crippen LogP contribution is -2.15. The van der Waals surface area contributed by atoms with Gasteiger partial charge in [-0.05, 0) is 34.6 Å². The topological polar surface area (TPSA) is 47.9 Å². The first kappa shape index (κ1) is 14.4. The Bertz CT molecular complexity index is 73.6. The quantitative estimate of drug-likeness (QED) is 0.411. The lowest BCUT2D eigenvalue weighted by atomic mass is 10.2. The molecule has 0 spiro atoms. The largest absolute Gasteiger partial charge is 0.251 e. The van der Waals surface area contributed by atoms with Gasteiger partial charge in [-0.1, -0.05) is 0 Å². The molecule has 0 rings (SSSR count). The zero-order valence-corrected chi connectivity index (χ0v) is 8.59. The molecule has 12 heavy (non-hydrogen) atoms. The van der Waals surface area contributed by atoms with E-state index in [2.05, 4.69) is 14.7 Å². The molecule has 0 radical (unpaired) electrons. The van der Waals surface area contributed by atoms with E-state index in [1.165, 1.54) is 0 Å². The van der Waals surface area contributed by atoms with Crippen molar-refractivity contribution >= 4 is 0 Å². The summed E-state index contributed by atoms with van der Waals surface area (Å²) in [5.41, 5.74) is -0.403. The summed E-state index contributed by atoms with van der Waals surface area (Å²) in [6.45, 7) is 10.3.